The van der Waals surface area contributed by atoms with Crippen molar-refractivity contribution in [3.63, 3.8) is 0 Å². The van der Waals surface area contributed by atoms with E-state index in [9.17, 15) is 18.0 Å². The summed E-state index contributed by atoms with van der Waals surface area (Å²) >= 11 is 5.91. The van der Waals surface area contributed by atoms with E-state index in [4.69, 9.17) is 16.7 Å². The van der Waals surface area contributed by atoms with Crippen LogP contribution in [0.1, 0.15) is 30.1 Å². The number of nitrogens with zero attached hydrogens (tertiary/aromatic N) is 2. The maximum atomic E-state index is 12.7. The Morgan fingerprint density at radius 2 is 1.96 bits per heavy atom. The number of hydrogen-bond donors (Lipinski definition) is 1. The molecule has 25 heavy (non-hydrogen) atoms. The molecule has 1 aliphatic heterocycles. The number of carbonyl (C=O) groups excluding carboxylic acids is 1. The maximum Gasteiger partial charge on any atom is 0.323 e. The fourth-order valence-electron chi connectivity index (χ4n) is 2.91. The Bertz CT molecular complexity index is 745. The van der Waals surface area contributed by atoms with Crippen molar-refractivity contribution in [3.8, 4) is 0 Å². The third kappa shape index (κ3) is 4.93. The summed E-state index contributed by atoms with van der Waals surface area (Å²) in [5, 5.41) is 9.55. The van der Waals surface area contributed by atoms with Gasteiger partial charge in [0.05, 0.1) is 5.75 Å². The van der Waals surface area contributed by atoms with Crippen molar-refractivity contribution in [2.75, 3.05) is 25.4 Å². The van der Waals surface area contributed by atoms with Crippen LogP contribution >= 0.6 is 11.6 Å². The molecular formula is C16H21ClN2O5S. The molecule has 7 nitrogen and oxygen atoms in total. The molecule has 1 aliphatic rings. The number of halogens is 1. The second-order valence-electron chi connectivity index (χ2n) is 5.87. The van der Waals surface area contributed by atoms with Crippen LogP contribution in [-0.4, -0.2) is 66.0 Å². The van der Waals surface area contributed by atoms with Crippen molar-refractivity contribution in [1.29, 1.82) is 0 Å². The van der Waals surface area contributed by atoms with E-state index in [-0.39, 0.29) is 24.9 Å². The zero-order valence-corrected chi connectivity index (χ0v) is 15.5. The Labute approximate surface area is 152 Å². The van der Waals surface area contributed by atoms with E-state index in [0.29, 0.717) is 23.4 Å². The van der Waals surface area contributed by atoms with E-state index in [0.717, 1.165) is 0 Å². The van der Waals surface area contributed by atoms with Crippen LogP contribution in [0.15, 0.2) is 24.3 Å². The molecule has 0 bridgehead atoms. The number of piperidine rings is 1. The molecule has 1 N–H and O–H groups in total. The van der Waals surface area contributed by atoms with Crippen LogP contribution < -0.4 is 0 Å². The van der Waals surface area contributed by atoms with Gasteiger partial charge >= 0.3 is 5.97 Å². The molecule has 0 unspecified atom stereocenters. The van der Waals surface area contributed by atoms with Gasteiger partial charge in [0.25, 0.3) is 5.91 Å². The summed E-state index contributed by atoms with van der Waals surface area (Å²) in [6.07, 6.45) is 0.803. The summed E-state index contributed by atoms with van der Waals surface area (Å²) in [4.78, 5) is 25.2. The van der Waals surface area contributed by atoms with Crippen LogP contribution in [0, 0.1) is 0 Å². The molecule has 138 valence electrons. The van der Waals surface area contributed by atoms with Gasteiger partial charge in [-0.15, -0.1) is 0 Å². The van der Waals surface area contributed by atoms with E-state index < -0.39 is 28.4 Å². The highest BCUT2D eigenvalue weighted by Crippen LogP contribution is 2.22. The van der Waals surface area contributed by atoms with Gasteiger partial charge in [0.1, 0.15) is 6.54 Å². The standard InChI is InChI=1S/C16H21ClN2O5S/c1-2-25(23,24)18-8-6-14(7-9-18)19(11-15(20)21)16(22)12-4-3-5-13(17)10-12/h3-5,10,14H,2,6-9,11H2,1H3,(H,20,21). The topological polar surface area (TPSA) is 95.0 Å². The molecule has 0 spiro atoms. The molecule has 1 saturated heterocycles. The zero-order valence-electron chi connectivity index (χ0n) is 13.9. The average Bonchev–Trinajstić information content (AvgIpc) is 2.59. The predicted octanol–water partition coefficient (Wildman–Crippen LogP) is 1.68. The second kappa shape index (κ2) is 8.16. The minimum atomic E-state index is -3.28. The largest absolute Gasteiger partial charge is 0.480 e. The van der Waals surface area contributed by atoms with Gasteiger partial charge in [-0.05, 0) is 38.0 Å². The summed E-state index contributed by atoms with van der Waals surface area (Å²) in [7, 11) is -3.28. The van der Waals surface area contributed by atoms with Crippen LogP contribution in [0.4, 0.5) is 0 Å². The Kier molecular flexibility index (Phi) is 6.42. The van der Waals surface area contributed by atoms with E-state index in [1.807, 2.05) is 0 Å². The number of benzene rings is 1. The summed E-state index contributed by atoms with van der Waals surface area (Å²) in [6.45, 7) is 1.71. The highest BCUT2D eigenvalue weighted by atomic mass is 35.5. The first-order valence-electron chi connectivity index (χ1n) is 8.00. The van der Waals surface area contributed by atoms with Crippen molar-refractivity contribution in [3.05, 3.63) is 34.9 Å². The quantitative estimate of drug-likeness (QED) is 0.800. The summed E-state index contributed by atoms with van der Waals surface area (Å²) in [5.41, 5.74) is 0.317. The van der Waals surface area contributed by atoms with E-state index in [1.165, 1.54) is 15.3 Å². The Hall–Kier alpha value is -1.64. The summed E-state index contributed by atoms with van der Waals surface area (Å²) < 4.78 is 25.3. The number of rotatable bonds is 6. The fourth-order valence-corrected chi connectivity index (χ4v) is 4.24. The molecular weight excluding hydrogens is 368 g/mol. The van der Waals surface area contributed by atoms with Gasteiger partial charge < -0.3 is 10.0 Å². The molecule has 1 aromatic rings. The highest BCUT2D eigenvalue weighted by Gasteiger charge is 2.33. The Balaban J connectivity index is 2.16. The molecule has 1 aromatic carbocycles. The lowest BCUT2D eigenvalue weighted by Crippen LogP contribution is -2.50. The van der Waals surface area contributed by atoms with Crippen molar-refractivity contribution >= 4 is 33.5 Å². The summed E-state index contributed by atoms with van der Waals surface area (Å²) in [5.74, 6) is -1.50. The van der Waals surface area contributed by atoms with Gasteiger partial charge in [-0.2, -0.15) is 0 Å². The van der Waals surface area contributed by atoms with Gasteiger partial charge in [0.2, 0.25) is 10.0 Å². The van der Waals surface area contributed by atoms with Crippen LogP contribution in [0.5, 0.6) is 0 Å². The van der Waals surface area contributed by atoms with Gasteiger partial charge in [0.15, 0.2) is 0 Å². The first-order valence-corrected chi connectivity index (χ1v) is 9.99. The van der Waals surface area contributed by atoms with E-state index in [1.54, 1.807) is 25.1 Å². The van der Waals surface area contributed by atoms with Gasteiger partial charge in [-0.3, -0.25) is 9.59 Å². The normalized spacial score (nSPS) is 16.6. The SMILES string of the molecule is CCS(=O)(=O)N1CCC(N(CC(=O)O)C(=O)c2cccc(Cl)c2)CC1. The van der Waals surface area contributed by atoms with Crippen LogP contribution in [0.3, 0.4) is 0 Å². The van der Waals surface area contributed by atoms with Crippen LogP contribution in [0.25, 0.3) is 0 Å². The lowest BCUT2D eigenvalue weighted by Gasteiger charge is -2.37. The first-order chi connectivity index (χ1) is 11.7. The first kappa shape index (κ1) is 19.7. The zero-order chi connectivity index (χ0) is 18.6. The Morgan fingerprint density at radius 3 is 2.48 bits per heavy atom. The number of hydrogen-bond acceptors (Lipinski definition) is 4. The number of carbonyl (C=O) groups is 2. The lowest BCUT2D eigenvalue weighted by atomic mass is 10.0. The number of aliphatic carboxylic acids is 1. The predicted molar refractivity (Wildman–Crippen MR) is 94.2 cm³/mol. The van der Waals surface area contributed by atoms with E-state index >= 15 is 0 Å². The maximum absolute atomic E-state index is 12.7. The molecule has 0 aliphatic carbocycles. The smallest absolute Gasteiger partial charge is 0.323 e. The molecule has 1 fully saturated rings. The number of amides is 1. The second-order valence-corrected chi connectivity index (χ2v) is 8.56. The number of carboxylic acid groups (broad SMARTS) is 1. The van der Waals surface area contributed by atoms with Gasteiger partial charge in [-0.1, -0.05) is 17.7 Å². The van der Waals surface area contributed by atoms with Crippen LogP contribution in [0.2, 0.25) is 5.02 Å². The molecule has 0 radical (unpaired) electrons. The van der Waals surface area contributed by atoms with Crippen molar-refractivity contribution in [2.45, 2.75) is 25.8 Å². The Morgan fingerprint density at radius 1 is 1.32 bits per heavy atom. The van der Waals surface area contributed by atoms with Gasteiger partial charge in [-0.25, -0.2) is 12.7 Å². The minimum Gasteiger partial charge on any atom is -0.480 e. The highest BCUT2D eigenvalue weighted by molar-refractivity contribution is 7.89. The third-order valence-electron chi connectivity index (χ3n) is 4.26. The fraction of sp³-hybridized carbons (Fsp3) is 0.500. The number of sulfonamides is 1. The van der Waals surface area contributed by atoms with Gasteiger partial charge in [0, 0.05) is 29.7 Å². The van der Waals surface area contributed by atoms with Crippen molar-refractivity contribution < 1.29 is 23.1 Å². The van der Waals surface area contributed by atoms with Crippen molar-refractivity contribution in [2.24, 2.45) is 0 Å². The molecule has 0 atom stereocenters. The molecule has 2 rings (SSSR count). The van der Waals surface area contributed by atoms with Crippen LogP contribution in [-0.2, 0) is 14.8 Å². The molecule has 9 heteroatoms. The minimum absolute atomic E-state index is 0.0257. The lowest BCUT2D eigenvalue weighted by molar-refractivity contribution is -0.138. The molecule has 1 amide bonds. The monoisotopic (exact) mass is 388 g/mol. The summed E-state index contributed by atoms with van der Waals surface area (Å²) in [6, 6.07) is 6.01. The average molecular weight is 389 g/mol. The van der Waals surface area contributed by atoms with E-state index in [2.05, 4.69) is 0 Å². The number of carboxylic acids is 1. The molecule has 0 aromatic heterocycles. The molecule has 1 heterocycles. The third-order valence-corrected chi connectivity index (χ3v) is 6.38. The molecule has 0 saturated carbocycles. The van der Waals surface area contributed by atoms with Crippen molar-refractivity contribution in [1.82, 2.24) is 9.21 Å².